The summed E-state index contributed by atoms with van der Waals surface area (Å²) < 4.78 is 26.3. The van der Waals surface area contributed by atoms with Gasteiger partial charge in [0, 0.05) is 35.5 Å². The molecule has 0 amide bonds. The fourth-order valence-electron chi connectivity index (χ4n) is 2.20. The van der Waals surface area contributed by atoms with E-state index in [2.05, 4.69) is 22.9 Å². The van der Waals surface area contributed by atoms with Crippen LogP contribution >= 0.6 is 22.9 Å². The molecule has 1 N–H and O–H groups in total. The van der Waals surface area contributed by atoms with Gasteiger partial charge in [-0.15, -0.1) is 0 Å². The molecule has 0 aromatic heterocycles. The summed E-state index contributed by atoms with van der Waals surface area (Å²) in [6.07, 6.45) is 1.04. The zero-order valence-corrected chi connectivity index (χ0v) is 12.8. The summed E-state index contributed by atoms with van der Waals surface area (Å²) >= 11 is 2.15. The first kappa shape index (κ1) is 14.2. The molecule has 0 spiro atoms. The van der Waals surface area contributed by atoms with E-state index in [1.165, 1.54) is 0 Å². The molecule has 4 nitrogen and oxygen atoms in total. The topological polar surface area (TPSA) is 57.6 Å². The van der Waals surface area contributed by atoms with E-state index in [1.807, 2.05) is 3.11 Å². The van der Waals surface area contributed by atoms with Crippen molar-refractivity contribution in [1.29, 1.82) is 0 Å². The third kappa shape index (κ3) is 3.23. The van der Waals surface area contributed by atoms with Gasteiger partial charge in [0.2, 0.25) is 0 Å². The fourth-order valence-corrected chi connectivity index (χ4v) is 4.62. The van der Waals surface area contributed by atoms with Crippen LogP contribution in [0.5, 0.6) is 0 Å². The molecule has 100 valence electrons. The molecule has 18 heavy (non-hydrogen) atoms. The normalized spacial score (nSPS) is 23.1. The van der Waals surface area contributed by atoms with Gasteiger partial charge in [0.15, 0.2) is 9.84 Å². The zero-order valence-electron chi connectivity index (χ0n) is 9.87. The van der Waals surface area contributed by atoms with Gasteiger partial charge in [0.1, 0.15) is 0 Å². The van der Waals surface area contributed by atoms with Crippen molar-refractivity contribution in [2.75, 3.05) is 12.3 Å². The highest BCUT2D eigenvalue weighted by Gasteiger charge is 2.32. The minimum Gasteiger partial charge on any atom is -0.390 e. The van der Waals surface area contributed by atoms with Crippen molar-refractivity contribution in [2.45, 2.75) is 29.9 Å². The molecule has 1 fully saturated rings. The lowest BCUT2D eigenvalue weighted by Crippen LogP contribution is -2.38. The molecule has 0 saturated carbocycles. The zero-order chi connectivity index (χ0) is 13.2. The summed E-state index contributed by atoms with van der Waals surface area (Å²) in [5.74, 6) is -0.207. The Balaban J connectivity index is 2.09. The van der Waals surface area contributed by atoms with Crippen LogP contribution in [-0.4, -0.2) is 41.1 Å². The molecule has 1 heterocycles. The van der Waals surface area contributed by atoms with Crippen LogP contribution in [0.15, 0.2) is 35.2 Å². The number of halogens is 1. The Morgan fingerprint density at radius 3 is 2.61 bits per heavy atom. The molecule has 1 aromatic rings. The molecule has 1 saturated heterocycles. The van der Waals surface area contributed by atoms with Crippen LogP contribution in [0.2, 0.25) is 0 Å². The monoisotopic (exact) mass is 381 g/mol. The van der Waals surface area contributed by atoms with Gasteiger partial charge in [0.25, 0.3) is 0 Å². The lowest BCUT2D eigenvalue weighted by atomic mass is 10.1. The third-order valence-electron chi connectivity index (χ3n) is 3.17. The van der Waals surface area contributed by atoms with Crippen LogP contribution in [0.3, 0.4) is 0 Å². The Morgan fingerprint density at radius 1 is 1.39 bits per heavy atom. The number of sulfone groups is 1. The van der Waals surface area contributed by atoms with Gasteiger partial charge in [0.05, 0.1) is 16.8 Å². The first-order valence-corrected chi connectivity index (χ1v) is 8.51. The number of nitrogens with zero attached hydrogens (tertiary/aromatic N) is 1. The molecule has 6 heteroatoms. The minimum atomic E-state index is -3.40. The summed E-state index contributed by atoms with van der Waals surface area (Å²) in [6.45, 7) is 0.910. The highest BCUT2D eigenvalue weighted by molar-refractivity contribution is 14.1. The summed E-state index contributed by atoms with van der Waals surface area (Å²) in [4.78, 5) is 0.280. The first-order valence-electron chi connectivity index (χ1n) is 5.89. The molecule has 1 aliphatic heterocycles. The van der Waals surface area contributed by atoms with E-state index < -0.39 is 15.9 Å². The molecule has 2 rings (SSSR count). The van der Waals surface area contributed by atoms with Crippen LogP contribution in [0.4, 0.5) is 0 Å². The van der Waals surface area contributed by atoms with Gasteiger partial charge in [-0.05, 0) is 25.0 Å². The first-order chi connectivity index (χ1) is 8.50. The fraction of sp³-hybridized carbons (Fsp3) is 0.500. The van der Waals surface area contributed by atoms with Crippen molar-refractivity contribution in [1.82, 2.24) is 3.11 Å². The van der Waals surface area contributed by atoms with Crippen LogP contribution in [0.1, 0.15) is 12.8 Å². The van der Waals surface area contributed by atoms with Crippen molar-refractivity contribution >= 4 is 32.7 Å². The quantitative estimate of drug-likeness (QED) is 0.637. The predicted molar refractivity (Wildman–Crippen MR) is 78.2 cm³/mol. The van der Waals surface area contributed by atoms with Crippen LogP contribution in [-0.2, 0) is 9.84 Å². The molecule has 0 aliphatic carbocycles. The second-order valence-electron chi connectivity index (χ2n) is 4.49. The summed E-state index contributed by atoms with van der Waals surface area (Å²) in [6, 6.07) is 8.25. The van der Waals surface area contributed by atoms with Crippen LogP contribution in [0.25, 0.3) is 0 Å². The Hall–Kier alpha value is -0.180. The Labute approximate surface area is 121 Å². The number of benzene rings is 1. The molecule has 1 aliphatic rings. The van der Waals surface area contributed by atoms with Gasteiger partial charge in [-0.3, -0.25) is 0 Å². The SMILES string of the molecule is O=S(=O)(C[C@@H](O)[C@@H]1CCCN1I)c1ccccc1. The van der Waals surface area contributed by atoms with E-state index in [0.717, 1.165) is 19.4 Å². The number of hydrogen-bond acceptors (Lipinski definition) is 4. The van der Waals surface area contributed by atoms with Crippen molar-refractivity contribution in [3.05, 3.63) is 30.3 Å². The van der Waals surface area contributed by atoms with E-state index in [4.69, 9.17) is 0 Å². The van der Waals surface area contributed by atoms with E-state index in [0.29, 0.717) is 0 Å². The van der Waals surface area contributed by atoms with Crippen molar-refractivity contribution < 1.29 is 13.5 Å². The van der Waals surface area contributed by atoms with E-state index >= 15 is 0 Å². The second-order valence-corrected chi connectivity index (χ2v) is 7.77. The number of aliphatic hydroxyl groups is 1. The lowest BCUT2D eigenvalue weighted by Gasteiger charge is -2.23. The van der Waals surface area contributed by atoms with Gasteiger partial charge in [-0.25, -0.2) is 11.5 Å². The molecular weight excluding hydrogens is 365 g/mol. The molecule has 0 unspecified atom stereocenters. The largest absolute Gasteiger partial charge is 0.390 e. The van der Waals surface area contributed by atoms with E-state index in [-0.39, 0.29) is 16.7 Å². The second kappa shape index (κ2) is 5.85. The van der Waals surface area contributed by atoms with Gasteiger partial charge < -0.3 is 5.11 Å². The van der Waals surface area contributed by atoms with Gasteiger partial charge in [-0.1, -0.05) is 18.2 Å². The predicted octanol–water partition coefficient (Wildman–Crippen LogP) is 1.64. The number of rotatable bonds is 4. The van der Waals surface area contributed by atoms with Crippen LogP contribution in [0, 0.1) is 0 Å². The van der Waals surface area contributed by atoms with Crippen molar-refractivity contribution in [3.8, 4) is 0 Å². The number of aliphatic hydroxyl groups excluding tert-OH is 1. The lowest BCUT2D eigenvalue weighted by molar-refractivity contribution is 0.136. The highest BCUT2D eigenvalue weighted by atomic mass is 127. The average molecular weight is 381 g/mol. The van der Waals surface area contributed by atoms with Crippen LogP contribution < -0.4 is 0 Å². The molecule has 1 aromatic carbocycles. The van der Waals surface area contributed by atoms with Crippen molar-refractivity contribution in [2.24, 2.45) is 0 Å². The molecular formula is C12H16INO3S. The summed E-state index contributed by atoms with van der Waals surface area (Å²) in [7, 11) is -3.40. The Kier molecular flexibility index (Phi) is 4.63. The van der Waals surface area contributed by atoms with E-state index in [9.17, 15) is 13.5 Å². The maximum atomic E-state index is 12.1. The Bertz CT molecular complexity index is 491. The molecule has 2 atom stereocenters. The van der Waals surface area contributed by atoms with Crippen molar-refractivity contribution in [3.63, 3.8) is 0 Å². The Morgan fingerprint density at radius 2 is 2.06 bits per heavy atom. The third-order valence-corrected chi connectivity index (χ3v) is 6.14. The molecule has 0 bridgehead atoms. The maximum Gasteiger partial charge on any atom is 0.180 e. The standard InChI is InChI=1S/C12H16INO3S/c13-14-8-4-7-11(14)12(15)9-18(16,17)10-5-2-1-3-6-10/h1-3,5-6,11-12,15H,4,7-9H2/t11-,12+/m0/s1. The maximum absolute atomic E-state index is 12.1. The molecule has 0 radical (unpaired) electrons. The average Bonchev–Trinajstić information content (AvgIpc) is 2.76. The number of hydrogen-bond donors (Lipinski definition) is 1. The smallest absolute Gasteiger partial charge is 0.180 e. The van der Waals surface area contributed by atoms with Gasteiger partial charge >= 0.3 is 0 Å². The van der Waals surface area contributed by atoms with E-state index in [1.54, 1.807) is 30.3 Å². The van der Waals surface area contributed by atoms with Gasteiger partial charge in [-0.2, -0.15) is 0 Å². The summed E-state index contributed by atoms with van der Waals surface area (Å²) in [5.41, 5.74) is 0. The summed E-state index contributed by atoms with van der Waals surface area (Å²) in [5, 5.41) is 10.1. The minimum absolute atomic E-state index is 0.0518. The highest BCUT2D eigenvalue weighted by Crippen LogP contribution is 2.25.